The molecule has 2 atom stereocenters. The molecule has 2 unspecified atom stereocenters. The summed E-state index contributed by atoms with van der Waals surface area (Å²) in [6.45, 7) is 2.24. The normalized spacial score (nSPS) is 22.7. The van der Waals surface area contributed by atoms with E-state index >= 15 is 0 Å². The third-order valence-electron chi connectivity index (χ3n) is 3.47. The van der Waals surface area contributed by atoms with E-state index in [0.29, 0.717) is 11.9 Å². The predicted octanol–water partition coefficient (Wildman–Crippen LogP) is 2.67. The van der Waals surface area contributed by atoms with Crippen LogP contribution < -0.4 is 4.74 Å². The molecule has 0 N–H and O–H groups in total. The van der Waals surface area contributed by atoms with Gasteiger partial charge in [0.05, 0.1) is 0 Å². The molecule has 3 rings (SSSR count). The second-order valence-corrected chi connectivity index (χ2v) is 5.51. The van der Waals surface area contributed by atoms with E-state index in [1.54, 1.807) is 23.3 Å². The van der Waals surface area contributed by atoms with Crippen molar-refractivity contribution in [2.45, 2.75) is 38.7 Å². The molecule has 1 fully saturated rings. The smallest absolute Gasteiger partial charge is 0.322 e. The molecule has 0 radical (unpaired) electrons. The summed E-state index contributed by atoms with van der Waals surface area (Å²) in [7, 11) is 0. The molecule has 0 saturated heterocycles. The van der Waals surface area contributed by atoms with E-state index < -0.39 is 0 Å². The van der Waals surface area contributed by atoms with Gasteiger partial charge in [-0.15, -0.1) is 0 Å². The standard InChI is InChI=1S/C13H16ClN5O/c1-9-3-2-4-10(7-9)20-13-17-11(14)16-12(18-13)19-6-5-15-8-19/h5-6,8-10H,2-4,7H2,1H3. The lowest BCUT2D eigenvalue weighted by Gasteiger charge is -2.26. The molecule has 0 amide bonds. The maximum absolute atomic E-state index is 5.94. The van der Waals surface area contributed by atoms with Gasteiger partial charge in [0.2, 0.25) is 11.2 Å². The van der Waals surface area contributed by atoms with Gasteiger partial charge in [0, 0.05) is 12.4 Å². The minimum Gasteiger partial charge on any atom is -0.460 e. The highest BCUT2D eigenvalue weighted by Gasteiger charge is 2.21. The zero-order chi connectivity index (χ0) is 13.9. The Bertz CT molecular complexity index is 574. The average Bonchev–Trinajstić information content (AvgIpc) is 2.91. The fourth-order valence-corrected chi connectivity index (χ4v) is 2.65. The lowest BCUT2D eigenvalue weighted by molar-refractivity contribution is 0.118. The third kappa shape index (κ3) is 3.07. The number of ether oxygens (including phenoxy) is 1. The van der Waals surface area contributed by atoms with Crippen molar-refractivity contribution in [2.75, 3.05) is 0 Å². The van der Waals surface area contributed by atoms with Gasteiger partial charge in [-0.1, -0.05) is 13.3 Å². The summed E-state index contributed by atoms with van der Waals surface area (Å²) in [5.41, 5.74) is 0. The van der Waals surface area contributed by atoms with Gasteiger partial charge in [-0.2, -0.15) is 15.0 Å². The van der Waals surface area contributed by atoms with Crippen LogP contribution in [0.15, 0.2) is 18.7 Å². The molecule has 1 saturated carbocycles. The molecule has 2 heterocycles. The molecule has 6 nitrogen and oxygen atoms in total. The van der Waals surface area contributed by atoms with Gasteiger partial charge >= 0.3 is 6.01 Å². The Morgan fingerprint density at radius 1 is 1.30 bits per heavy atom. The Hall–Kier alpha value is -1.69. The molecular formula is C13H16ClN5O. The number of imidazole rings is 1. The first kappa shape index (κ1) is 13.3. The van der Waals surface area contributed by atoms with E-state index in [4.69, 9.17) is 16.3 Å². The van der Waals surface area contributed by atoms with E-state index in [2.05, 4.69) is 26.9 Å². The molecule has 0 aromatic carbocycles. The van der Waals surface area contributed by atoms with Gasteiger partial charge in [-0.25, -0.2) is 4.98 Å². The van der Waals surface area contributed by atoms with Crippen LogP contribution in [-0.2, 0) is 0 Å². The highest BCUT2D eigenvalue weighted by molar-refractivity contribution is 6.28. The van der Waals surface area contributed by atoms with E-state index in [-0.39, 0.29) is 17.4 Å². The Morgan fingerprint density at radius 3 is 2.95 bits per heavy atom. The highest BCUT2D eigenvalue weighted by atomic mass is 35.5. The van der Waals surface area contributed by atoms with Gasteiger partial charge in [0.15, 0.2) is 0 Å². The molecule has 106 valence electrons. The highest BCUT2D eigenvalue weighted by Crippen LogP contribution is 2.26. The van der Waals surface area contributed by atoms with Crippen LogP contribution in [0.1, 0.15) is 32.6 Å². The molecule has 2 aromatic heterocycles. The zero-order valence-electron chi connectivity index (χ0n) is 11.2. The Balaban J connectivity index is 1.79. The Labute approximate surface area is 122 Å². The van der Waals surface area contributed by atoms with E-state index in [9.17, 15) is 0 Å². The van der Waals surface area contributed by atoms with E-state index in [1.807, 2.05) is 0 Å². The number of hydrogen-bond acceptors (Lipinski definition) is 5. The molecule has 7 heteroatoms. The summed E-state index contributed by atoms with van der Waals surface area (Å²) in [5, 5.41) is 0.127. The molecule has 1 aliphatic carbocycles. The molecular weight excluding hydrogens is 278 g/mol. The number of nitrogens with zero attached hydrogens (tertiary/aromatic N) is 5. The first-order valence-corrected chi connectivity index (χ1v) is 7.15. The van der Waals surface area contributed by atoms with Crippen molar-refractivity contribution in [3.63, 3.8) is 0 Å². The first-order chi connectivity index (χ1) is 9.70. The van der Waals surface area contributed by atoms with Crippen molar-refractivity contribution in [3.05, 3.63) is 24.0 Å². The fourth-order valence-electron chi connectivity index (χ4n) is 2.50. The maximum atomic E-state index is 5.94. The molecule has 20 heavy (non-hydrogen) atoms. The van der Waals surface area contributed by atoms with Crippen molar-refractivity contribution in [1.82, 2.24) is 24.5 Å². The largest absolute Gasteiger partial charge is 0.460 e. The SMILES string of the molecule is CC1CCCC(Oc2nc(Cl)nc(-n3ccnc3)n2)C1. The van der Waals surface area contributed by atoms with Crippen LogP contribution >= 0.6 is 11.6 Å². The maximum Gasteiger partial charge on any atom is 0.322 e. The summed E-state index contributed by atoms with van der Waals surface area (Å²) in [4.78, 5) is 16.4. The van der Waals surface area contributed by atoms with Crippen LogP contribution in [0.3, 0.4) is 0 Å². The van der Waals surface area contributed by atoms with Crippen molar-refractivity contribution >= 4 is 11.6 Å². The summed E-state index contributed by atoms with van der Waals surface area (Å²) in [6.07, 6.45) is 9.68. The first-order valence-electron chi connectivity index (χ1n) is 6.77. The van der Waals surface area contributed by atoms with Crippen molar-refractivity contribution < 1.29 is 4.74 Å². The molecule has 0 aliphatic heterocycles. The van der Waals surface area contributed by atoms with E-state index in [1.165, 1.54) is 12.8 Å². The topological polar surface area (TPSA) is 65.7 Å². The summed E-state index contributed by atoms with van der Waals surface area (Å²) in [6, 6.07) is 0.285. The van der Waals surface area contributed by atoms with Gasteiger partial charge in [-0.3, -0.25) is 4.57 Å². The lowest BCUT2D eigenvalue weighted by Crippen LogP contribution is -2.25. The van der Waals surface area contributed by atoms with Crippen molar-refractivity contribution in [1.29, 1.82) is 0 Å². The van der Waals surface area contributed by atoms with Crippen molar-refractivity contribution in [2.24, 2.45) is 5.92 Å². The number of hydrogen-bond donors (Lipinski definition) is 0. The van der Waals surface area contributed by atoms with Gasteiger partial charge in [0.1, 0.15) is 12.4 Å². The van der Waals surface area contributed by atoms with Crippen LogP contribution in [-0.4, -0.2) is 30.6 Å². The Kier molecular flexibility index (Phi) is 3.82. The van der Waals surface area contributed by atoms with Crippen LogP contribution in [0.25, 0.3) is 5.95 Å². The van der Waals surface area contributed by atoms with Crippen LogP contribution in [0.5, 0.6) is 6.01 Å². The predicted molar refractivity (Wildman–Crippen MR) is 74.0 cm³/mol. The van der Waals surface area contributed by atoms with Crippen LogP contribution in [0, 0.1) is 5.92 Å². The van der Waals surface area contributed by atoms with Gasteiger partial charge in [0.25, 0.3) is 0 Å². The Morgan fingerprint density at radius 2 is 2.20 bits per heavy atom. The number of halogens is 1. The van der Waals surface area contributed by atoms with Crippen LogP contribution in [0.2, 0.25) is 5.28 Å². The monoisotopic (exact) mass is 293 g/mol. The minimum atomic E-state index is 0.127. The third-order valence-corrected chi connectivity index (χ3v) is 3.64. The summed E-state index contributed by atoms with van der Waals surface area (Å²) >= 11 is 5.94. The lowest BCUT2D eigenvalue weighted by atomic mass is 9.89. The van der Waals surface area contributed by atoms with Gasteiger partial charge in [-0.05, 0) is 36.8 Å². The number of aromatic nitrogens is 5. The second-order valence-electron chi connectivity index (χ2n) is 5.17. The molecule has 1 aliphatic rings. The van der Waals surface area contributed by atoms with Crippen LogP contribution in [0.4, 0.5) is 0 Å². The van der Waals surface area contributed by atoms with E-state index in [0.717, 1.165) is 12.8 Å². The second kappa shape index (κ2) is 5.75. The molecule has 2 aromatic rings. The average molecular weight is 294 g/mol. The summed E-state index contributed by atoms with van der Waals surface area (Å²) < 4.78 is 7.54. The quantitative estimate of drug-likeness (QED) is 0.870. The minimum absolute atomic E-state index is 0.127. The summed E-state index contributed by atoms with van der Waals surface area (Å²) in [5.74, 6) is 1.10. The van der Waals surface area contributed by atoms with Gasteiger partial charge < -0.3 is 4.74 Å². The molecule has 0 spiro atoms. The van der Waals surface area contributed by atoms with Crippen molar-refractivity contribution in [3.8, 4) is 12.0 Å². The number of rotatable bonds is 3. The fraction of sp³-hybridized carbons (Fsp3) is 0.538. The zero-order valence-corrected chi connectivity index (χ0v) is 12.0. The molecule has 0 bridgehead atoms.